The summed E-state index contributed by atoms with van der Waals surface area (Å²) in [4.78, 5) is 2.64. The van der Waals surface area contributed by atoms with E-state index in [2.05, 4.69) is 31.0 Å². The zero-order chi connectivity index (χ0) is 8.77. The SMILES string of the molecule is CCC(C)(C)N1CC2CC(C1)N2. The average Bonchev–Trinajstić information content (AvgIpc) is 2.04. The Kier molecular flexibility index (Phi) is 1.92. The fourth-order valence-corrected chi connectivity index (χ4v) is 2.23. The Morgan fingerprint density at radius 3 is 2.25 bits per heavy atom. The molecular weight excluding hydrogens is 148 g/mol. The van der Waals surface area contributed by atoms with Gasteiger partial charge in [-0.05, 0) is 26.7 Å². The smallest absolute Gasteiger partial charge is 0.0213 e. The zero-order valence-electron chi connectivity index (χ0n) is 8.43. The summed E-state index contributed by atoms with van der Waals surface area (Å²) in [6.45, 7) is 9.53. The van der Waals surface area contributed by atoms with Crippen LogP contribution < -0.4 is 5.32 Å². The second-order valence-corrected chi connectivity index (χ2v) is 4.87. The number of fused-ring (bicyclic) bond motifs is 2. The molecule has 3 heterocycles. The highest BCUT2D eigenvalue weighted by Gasteiger charge is 2.40. The maximum atomic E-state index is 3.56. The lowest BCUT2D eigenvalue weighted by atomic mass is 9.86. The highest BCUT2D eigenvalue weighted by atomic mass is 15.3. The van der Waals surface area contributed by atoms with Crippen LogP contribution in [0.1, 0.15) is 33.6 Å². The molecular formula is C10H20N2. The van der Waals surface area contributed by atoms with Crippen LogP contribution in [0.3, 0.4) is 0 Å². The standard InChI is InChI=1S/C10H20N2/c1-4-10(2,3)12-6-8-5-9(7-12)11-8/h8-9,11H,4-7H2,1-3H3. The number of nitrogens with zero attached hydrogens (tertiary/aromatic N) is 1. The van der Waals surface area contributed by atoms with Crippen LogP contribution in [0.5, 0.6) is 0 Å². The van der Waals surface area contributed by atoms with E-state index in [9.17, 15) is 0 Å². The molecule has 2 bridgehead atoms. The van der Waals surface area contributed by atoms with Crippen molar-refractivity contribution in [2.45, 2.75) is 51.2 Å². The first-order valence-electron chi connectivity index (χ1n) is 5.13. The first-order chi connectivity index (χ1) is 5.62. The van der Waals surface area contributed by atoms with Crippen LogP contribution in [0, 0.1) is 0 Å². The third-order valence-electron chi connectivity index (χ3n) is 3.64. The number of hydrogen-bond acceptors (Lipinski definition) is 2. The molecule has 0 aliphatic carbocycles. The first-order valence-corrected chi connectivity index (χ1v) is 5.13. The van der Waals surface area contributed by atoms with Crippen LogP contribution in [0.15, 0.2) is 0 Å². The van der Waals surface area contributed by atoms with E-state index in [-0.39, 0.29) is 0 Å². The Morgan fingerprint density at radius 2 is 1.83 bits per heavy atom. The summed E-state index contributed by atoms with van der Waals surface area (Å²) >= 11 is 0. The van der Waals surface area contributed by atoms with E-state index in [0.717, 1.165) is 12.1 Å². The van der Waals surface area contributed by atoms with Gasteiger partial charge in [0.2, 0.25) is 0 Å². The highest BCUT2D eigenvalue weighted by molar-refractivity contribution is 5.01. The molecule has 70 valence electrons. The monoisotopic (exact) mass is 168 g/mol. The summed E-state index contributed by atoms with van der Waals surface area (Å²) < 4.78 is 0. The maximum absolute atomic E-state index is 3.56. The van der Waals surface area contributed by atoms with Crippen LogP contribution in [0.4, 0.5) is 0 Å². The van der Waals surface area contributed by atoms with Gasteiger partial charge >= 0.3 is 0 Å². The number of piperazine rings is 1. The van der Waals surface area contributed by atoms with Gasteiger partial charge in [-0.3, -0.25) is 4.90 Å². The van der Waals surface area contributed by atoms with Crippen molar-refractivity contribution >= 4 is 0 Å². The van der Waals surface area contributed by atoms with E-state index >= 15 is 0 Å². The topological polar surface area (TPSA) is 15.3 Å². The molecule has 0 aromatic heterocycles. The number of nitrogens with one attached hydrogen (secondary N) is 1. The Bertz CT molecular complexity index is 161. The molecule has 0 saturated carbocycles. The van der Waals surface area contributed by atoms with E-state index in [1.165, 1.54) is 25.9 Å². The predicted octanol–water partition coefficient (Wildman–Crippen LogP) is 1.22. The largest absolute Gasteiger partial charge is 0.309 e. The van der Waals surface area contributed by atoms with Gasteiger partial charge in [0.15, 0.2) is 0 Å². The molecule has 0 radical (unpaired) electrons. The molecule has 3 saturated heterocycles. The summed E-state index contributed by atoms with van der Waals surface area (Å²) in [6, 6.07) is 1.60. The molecule has 2 heteroatoms. The van der Waals surface area contributed by atoms with Crippen LogP contribution in [0.25, 0.3) is 0 Å². The lowest BCUT2D eigenvalue weighted by molar-refractivity contribution is 0.00680. The lowest BCUT2D eigenvalue weighted by Crippen LogP contribution is -2.69. The van der Waals surface area contributed by atoms with E-state index in [1.54, 1.807) is 0 Å². The average molecular weight is 168 g/mol. The van der Waals surface area contributed by atoms with Crippen molar-refractivity contribution in [1.82, 2.24) is 10.2 Å². The summed E-state index contributed by atoms with van der Waals surface area (Å²) in [5.41, 5.74) is 0.416. The molecule has 3 fully saturated rings. The Hall–Kier alpha value is -0.0800. The number of hydrogen-bond donors (Lipinski definition) is 1. The lowest BCUT2D eigenvalue weighted by Gasteiger charge is -2.53. The van der Waals surface area contributed by atoms with E-state index in [0.29, 0.717) is 5.54 Å². The Morgan fingerprint density at radius 1 is 1.33 bits per heavy atom. The van der Waals surface area contributed by atoms with E-state index in [4.69, 9.17) is 0 Å². The molecule has 2 unspecified atom stereocenters. The molecule has 1 N–H and O–H groups in total. The second kappa shape index (κ2) is 2.71. The number of piperidine rings is 1. The Labute approximate surface area is 75.3 Å². The first kappa shape index (κ1) is 8.52. The van der Waals surface area contributed by atoms with Crippen molar-refractivity contribution in [2.75, 3.05) is 13.1 Å². The highest BCUT2D eigenvalue weighted by Crippen LogP contribution is 2.28. The van der Waals surface area contributed by atoms with Crippen molar-refractivity contribution in [3.8, 4) is 0 Å². The van der Waals surface area contributed by atoms with Crippen LogP contribution in [-0.4, -0.2) is 35.6 Å². The van der Waals surface area contributed by atoms with Crippen LogP contribution in [0.2, 0.25) is 0 Å². The molecule has 0 spiro atoms. The van der Waals surface area contributed by atoms with Gasteiger partial charge in [0.05, 0.1) is 0 Å². The van der Waals surface area contributed by atoms with Crippen molar-refractivity contribution < 1.29 is 0 Å². The van der Waals surface area contributed by atoms with Crippen molar-refractivity contribution in [2.24, 2.45) is 0 Å². The normalized spacial score (nSPS) is 36.2. The van der Waals surface area contributed by atoms with E-state index < -0.39 is 0 Å². The molecule has 3 aliphatic rings. The van der Waals surface area contributed by atoms with Crippen molar-refractivity contribution in [3.63, 3.8) is 0 Å². The fraction of sp³-hybridized carbons (Fsp3) is 1.00. The van der Waals surface area contributed by atoms with Crippen molar-refractivity contribution in [3.05, 3.63) is 0 Å². The number of rotatable bonds is 2. The minimum atomic E-state index is 0.416. The summed E-state index contributed by atoms with van der Waals surface area (Å²) in [5, 5.41) is 3.56. The van der Waals surface area contributed by atoms with Gasteiger partial charge in [-0.2, -0.15) is 0 Å². The molecule has 12 heavy (non-hydrogen) atoms. The molecule has 0 amide bonds. The second-order valence-electron chi connectivity index (χ2n) is 4.87. The summed E-state index contributed by atoms with van der Waals surface area (Å²) in [6.07, 6.45) is 2.67. The summed E-state index contributed by atoms with van der Waals surface area (Å²) in [7, 11) is 0. The Balaban J connectivity index is 1.97. The van der Waals surface area contributed by atoms with Gasteiger partial charge in [-0.15, -0.1) is 0 Å². The fourth-order valence-electron chi connectivity index (χ4n) is 2.23. The quantitative estimate of drug-likeness (QED) is 0.667. The minimum absolute atomic E-state index is 0.416. The molecule has 2 nitrogen and oxygen atoms in total. The van der Waals surface area contributed by atoms with Gasteiger partial charge in [-0.25, -0.2) is 0 Å². The third kappa shape index (κ3) is 1.27. The van der Waals surface area contributed by atoms with Crippen LogP contribution >= 0.6 is 0 Å². The zero-order valence-corrected chi connectivity index (χ0v) is 8.43. The molecule has 3 rings (SSSR count). The van der Waals surface area contributed by atoms with Crippen LogP contribution in [-0.2, 0) is 0 Å². The van der Waals surface area contributed by atoms with Gasteiger partial charge in [0.25, 0.3) is 0 Å². The molecule has 2 atom stereocenters. The predicted molar refractivity (Wildman–Crippen MR) is 51.3 cm³/mol. The maximum Gasteiger partial charge on any atom is 0.0213 e. The van der Waals surface area contributed by atoms with E-state index in [1.807, 2.05) is 0 Å². The third-order valence-corrected chi connectivity index (χ3v) is 3.64. The molecule has 0 aromatic rings. The minimum Gasteiger partial charge on any atom is -0.309 e. The van der Waals surface area contributed by atoms with Crippen molar-refractivity contribution in [1.29, 1.82) is 0 Å². The van der Waals surface area contributed by atoms with Gasteiger partial charge < -0.3 is 5.32 Å². The molecule has 3 aliphatic heterocycles. The summed E-state index contributed by atoms with van der Waals surface area (Å²) in [5.74, 6) is 0. The van der Waals surface area contributed by atoms with Gasteiger partial charge in [-0.1, -0.05) is 6.92 Å². The van der Waals surface area contributed by atoms with Gasteiger partial charge in [0, 0.05) is 30.7 Å². The van der Waals surface area contributed by atoms with Gasteiger partial charge in [0.1, 0.15) is 0 Å². The molecule has 0 aromatic carbocycles.